The molecule has 0 aliphatic heterocycles. The van der Waals surface area contributed by atoms with Gasteiger partial charge < -0.3 is 5.73 Å². The lowest BCUT2D eigenvalue weighted by Crippen LogP contribution is -2.43. The SMILES string of the molecule is CC(C)C(C)(N)Cc1ccc(Cl)c(Cl)c1. The highest BCUT2D eigenvalue weighted by Crippen LogP contribution is 2.26. The third kappa shape index (κ3) is 3.37. The largest absolute Gasteiger partial charge is 0.325 e. The van der Waals surface area contributed by atoms with Crippen molar-refractivity contribution in [3.05, 3.63) is 33.8 Å². The number of hydrogen-bond acceptors (Lipinski definition) is 1. The average Bonchev–Trinajstić information content (AvgIpc) is 2.10. The first-order chi connectivity index (χ1) is 6.83. The number of benzene rings is 1. The quantitative estimate of drug-likeness (QED) is 0.859. The van der Waals surface area contributed by atoms with Crippen LogP contribution in [0.2, 0.25) is 10.0 Å². The number of halogens is 2. The number of hydrogen-bond donors (Lipinski definition) is 1. The normalized spacial score (nSPS) is 15.4. The maximum atomic E-state index is 6.20. The molecule has 2 N–H and O–H groups in total. The summed E-state index contributed by atoms with van der Waals surface area (Å²) in [5.41, 5.74) is 7.12. The second kappa shape index (κ2) is 4.73. The summed E-state index contributed by atoms with van der Waals surface area (Å²) in [5.74, 6) is 0.423. The highest BCUT2D eigenvalue weighted by Gasteiger charge is 2.23. The summed E-state index contributed by atoms with van der Waals surface area (Å²) in [5, 5.41) is 1.18. The molecule has 0 amide bonds. The first-order valence-electron chi connectivity index (χ1n) is 5.06. The molecule has 0 spiro atoms. The van der Waals surface area contributed by atoms with Crippen molar-refractivity contribution >= 4 is 23.2 Å². The maximum absolute atomic E-state index is 6.20. The van der Waals surface area contributed by atoms with E-state index in [0.29, 0.717) is 16.0 Å². The summed E-state index contributed by atoms with van der Waals surface area (Å²) in [6, 6.07) is 5.68. The molecule has 0 radical (unpaired) electrons. The molecule has 1 aromatic rings. The zero-order chi connectivity index (χ0) is 11.6. The van der Waals surface area contributed by atoms with Gasteiger partial charge in [-0.1, -0.05) is 43.1 Å². The lowest BCUT2D eigenvalue weighted by Gasteiger charge is -2.29. The fraction of sp³-hybridized carbons (Fsp3) is 0.500. The van der Waals surface area contributed by atoms with Gasteiger partial charge in [-0.3, -0.25) is 0 Å². The van der Waals surface area contributed by atoms with Crippen LogP contribution in [0.25, 0.3) is 0 Å². The van der Waals surface area contributed by atoms with E-state index in [1.807, 2.05) is 18.2 Å². The van der Waals surface area contributed by atoms with Gasteiger partial charge in [0, 0.05) is 5.54 Å². The molecule has 0 aliphatic rings. The Bertz CT molecular complexity index is 345. The van der Waals surface area contributed by atoms with Crippen LogP contribution in [0.1, 0.15) is 26.3 Å². The van der Waals surface area contributed by atoms with E-state index in [9.17, 15) is 0 Å². The van der Waals surface area contributed by atoms with Crippen LogP contribution in [-0.2, 0) is 6.42 Å². The molecule has 0 aromatic heterocycles. The van der Waals surface area contributed by atoms with Crippen molar-refractivity contribution in [3.8, 4) is 0 Å². The summed E-state index contributed by atoms with van der Waals surface area (Å²) >= 11 is 11.8. The van der Waals surface area contributed by atoms with Gasteiger partial charge in [0.15, 0.2) is 0 Å². The molecule has 1 nitrogen and oxygen atoms in total. The molecule has 1 atom stereocenters. The van der Waals surface area contributed by atoms with E-state index in [0.717, 1.165) is 12.0 Å². The Balaban J connectivity index is 2.86. The Morgan fingerprint density at radius 2 is 1.87 bits per heavy atom. The molecular formula is C12H17Cl2N. The third-order valence-electron chi connectivity index (χ3n) is 2.89. The first kappa shape index (κ1) is 12.8. The molecule has 84 valence electrons. The Hall–Kier alpha value is -0.240. The molecule has 0 saturated heterocycles. The van der Waals surface area contributed by atoms with E-state index in [-0.39, 0.29) is 5.54 Å². The van der Waals surface area contributed by atoms with Crippen molar-refractivity contribution in [1.82, 2.24) is 0 Å². The second-order valence-electron chi connectivity index (χ2n) is 4.59. The molecule has 3 heteroatoms. The van der Waals surface area contributed by atoms with Gasteiger partial charge in [-0.15, -0.1) is 0 Å². The molecule has 1 unspecified atom stereocenters. The van der Waals surface area contributed by atoms with Crippen LogP contribution in [0.5, 0.6) is 0 Å². The summed E-state index contributed by atoms with van der Waals surface area (Å²) in [6.45, 7) is 6.30. The predicted molar refractivity (Wildman–Crippen MR) is 67.6 cm³/mol. The van der Waals surface area contributed by atoms with E-state index in [4.69, 9.17) is 28.9 Å². The van der Waals surface area contributed by atoms with Crippen LogP contribution in [0.4, 0.5) is 0 Å². The summed E-state index contributed by atoms with van der Waals surface area (Å²) < 4.78 is 0. The van der Waals surface area contributed by atoms with E-state index in [2.05, 4.69) is 20.8 Å². The van der Waals surface area contributed by atoms with Crippen LogP contribution in [-0.4, -0.2) is 5.54 Å². The molecule has 15 heavy (non-hydrogen) atoms. The van der Waals surface area contributed by atoms with Crippen LogP contribution in [0.3, 0.4) is 0 Å². The molecule has 0 bridgehead atoms. The summed E-state index contributed by atoms with van der Waals surface area (Å²) in [6.07, 6.45) is 0.807. The van der Waals surface area contributed by atoms with E-state index < -0.39 is 0 Å². The number of rotatable bonds is 3. The van der Waals surface area contributed by atoms with Crippen molar-refractivity contribution in [2.75, 3.05) is 0 Å². The Morgan fingerprint density at radius 3 is 2.33 bits per heavy atom. The average molecular weight is 246 g/mol. The highest BCUT2D eigenvalue weighted by molar-refractivity contribution is 6.42. The van der Waals surface area contributed by atoms with Gasteiger partial charge in [-0.05, 0) is 37.0 Å². The van der Waals surface area contributed by atoms with Gasteiger partial charge in [0.2, 0.25) is 0 Å². The zero-order valence-electron chi connectivity index (χ0n) is 9.35. The van der Waals surface area contributed by atoms with Gasteiger partial charge in [0.05, 0.1) is 10.0 Å². The maximum Gasteiger partial charge on any atom is 0.0595 e. The molecule has 0 aliphatic carbocycles. The van der Waals surface area contributed by atoms with E-state index in [1.54, 1.807) is 0 Å². The van der Waals surface area contributed by atoms with Gasteiger partial charge in [-0.2, -0.15) is 0 Å². The molecule has 1 aromatic carbocycles. The van der Waals surface area contributed by atoms with Gasteiger partial charge in [-0.25, -0.2) is 0 Å². The molecule has 0 heterocycles. The van der Waals surface area contributed by atoms with Crippen LogP contribution < -0.4 is 5.73 Å². The standard InChI is InChI=1S/C12H17Cl2N/c1-8(2)12(3,15)7-9-4-5-10(13)11(14)6-9/h4-6,8H,7,15H2,1-3H3. The minimum atomic E-state index is -0.211. The number of nitrogens with two attached hydrogens (primary N) is 1. The minimum absolute atomic E-state index is 0.211. The summed E-state index contributed by atoms with van der Waals surface area (Å²) in [7, 11) is 0. The molecular weight excluding hydrogens is 229 g/mol. The lowest BCUT2D eigenvalue weighted by molar-refractivity contribution is 0.338. The fourth-order valence-corrected chi connectivity index (χ4v) is 1.61. The zero-order valence-corrected chi connectivity index (χ0v) is 10.9. The van der Waals surface area contributed by atoms with Crippen molar-refractivity contribution < 1.29 is 0 Å². The van der Waals surface area contributed by atoms with Gasteiger partial charge in [0.1, 0.15) is 0 Å². The smallest absolute Gasteiger partial charge is 0.0595 e. The topological polar surface area (TPSA) is 26.0 Å². The lowest BCUT2D eigenvalue weighted by atomic mass is 9.84. The van der Waals surface area contributed by atoms with Crippen molar-refractivity contribution in [2.45, 2.75) is 32.7 Å². The third-order valence-corrected chi connectivity index (χ3v) is 3.63. The Morgan fingerprint density at radius 1 is 1.27 bits per heavy atom. The predicted octanol–water partition coefficient (Wildman–Crippen LogP) is 3.91. The van der Waals surface area contributed by atoms with Gasteiger partial charge >= 0.3 is 0 Å². The second-order valence-corrected chi connectivity index (χ2v) is 5.40. The van der Waals surface area contributed by atoms with Crippen LogP contribution in [0, 0.1) is 5.92 Å². The molecule has 0 fully saturated rings. The first-order valence-corrected chi connectivity index (χ1v) is 5.81. The van der Waals surface area contributed by atoms with E-state index in [1.165, 1.54) is 0 Å². The minimum Gasteiger partial charge on any atom is -0.325 e. The van der Waals surface area contributed by atoms with Crippen molar-refractivity contribution in [1.29, 1.82) is 0 Å². The van der Waals surface area contributed by atoms with Crippen LogP contribution in [0.15, 0.2) is 18.2 Å². The van der Waals surface area contributed by atoms with E-state index >= 15 is 0 Å². The highest BCUT2D eigenvalue weighted by atomic mass is 35.5. The molecule has 0 saturated carbocycles. The Labute approximate surface area is 102 Å². The summed E-state index contributed by atoms with van der Waals surface area (Å²) in [4.78, 5) is 0. The van der Waals surface area contributed by atoms with Crippen LogP contribution >= 0.6 is 23.2 Å². The fourth-order valence-electron chi connectivity index (χ4n) is 1.29. The van der Waals surface area contributed by atoms with Crippen molar-refractivity contribution in [2.24, 2.45) is 11.7 Å². The molecule has 1 rings (SSSR count). The van der Waals surface area contributed by atoms with Gasteiger partial charge in [0.25, 0.3) is 0 Å². The Kier molecular flexibility index (Phi) is 4.05. The van der Waals surface area contributed by atoms with Crippen molar-refractivity contribution in [3.63, 3.8) is 0 Å². The monoisotopic (exact) mass is 245 g/mol.